The molecular formula is C13H20N2O2. The lowest BCUT2D eigenvalue weighted by atomic mass is 10.0. The van der Waals surface area contributed by atoms with E-state index in [1.54, 1.807) is 6.07 Å². The van der Waals surface area contributed by atoms with Crippen molar-refractivity contribution in [1.29, 1.82) is 0 Å². The van der Waals surface area contributed by atoms with Crippen LogP contribution in [0.5, 0.6) is 0 Å². The lowest BCUT2D eigenvalue weighted by molar-refractivity contribution is 0.0915. The first kappa shape index (κ1) is 13.7. The second kappa shape index (κ2) is 6.37. The van der Waals surface area contributed by atoms with Crippen LogP contribution in [0.25, 0.3) is 0 Å². The number of rotatable bonds is 5. The van der Waals surface area contributed by atoms with Gasteiger partial charge in [0.15, 0.2) is 0 Å². The summed E-state index contributed by atoms with van der Waals surface area (Å²) in [5.74, 6) is -0.155. The van der Waals surface area contributed by atoms with Crippen LogP contribution in [0.4, 0.5) is 0 Å². The Morgan fingerprint density at radius 1 is 1.53 bits per heavy atom. The molecule has 4 N–H and O–H groups in total. The van der Waals surface area contributed by atoms with Crippen molar-refractivity contribution >= 4 is 5.91 Å². The van der Waals surface area contributed by atoms with Gasteiger partial charge in [0.05, 0.1) is 12.6 Å². The molecule has 4 nitrogen and oxygen atoms in total. The van der Waals surface area contributed by atoms with Gasteiger partial charge in [-0.15, -0.1) is 0 Å². The number of nitrogens with one attached hydrogen (secondary N) is 1. The van der Waals surface area contributed by atoms with E-state index in [-0.39, 0.29) is 18.6 Å². The maximum absolute atomic E-state index is 11.9. The van der Waals surface area contributed by atoms with Crippen LogP contribution in [0.15, 0.2) is 18.2 Å². The molecule has 0 aliphatic heterocycles. The van der Waals surface area contributed by atoms with E-state index in [0.717, 1.165) is 11.1 Å². The number of carbonyl (C=O) groups is 1. The monoisotopic (exact) mass is 236 g/mol. The Morgan fingerprint density at radius 2 is 2.24 bits per heavy atom. The predicted octanol–water partition coefficient (Wildman–Crippen LogP) is 0.954. The van der Waals surface area contributed by atoms with Gasteiger partial charge in [-0.1, -0.05) is 13.0 Å². The number of aliphatic hydroxyl groups is 1. The fourth-order valence-electron chi connectivity index (χ4n) is 1.61. The summed E-state index contributed by atoms with van der Waals surface area (Å²) in [6, 6.07) is 5.26. The number of carbonyl (C=O) groups excluding carboxylic acids is 1. The zero-order chi connectivity index (χ0) is 12.8. The van der Waals surface area contributed by atoms with Gasteiger partial charge in [0.1, 0.15) is 0 Å². The SMILES string of the molecule is CC[C@@H](CO)NC(=O)c1ccc(CN)c(C)c1. The quantitative estimate of drug-likeness (QED) is 0.712. The second-order valence-corrected chi connectivity index (χ2v) is 4.11. The zero-order valence-electron chi connectivity index (χ0n) is 10.4. The molecule has 1 rings (SSSR count). The standard InChI is InChI=1S/C13H20N2O2/c1-3-12(8-16)15-13(17)10-4-5-11(7-14)9(2)6-10/h4-6,12,16H,3,7-8,14H2,1-2H3,(H,15,17)/t12-/m0/s1. The van der Waals surface area contributed by atoms with Gasteiger partial charge in [-0.05, 0) is 36.6 Å². The zero-order valence-corrected chi connectivity index (χ0v) is 10.4. The van der Waals surface area contributed by atoms with Gasteiger partial charge in [-0.2, -0.15) is 0 Å². The molecule has 0 saturated carbocycles. The first-order valence-corrected chi connectivity index (χ1v) is 5.83. The van der Waals surface area contributed by atoms with Crippen LogP contribution in [-0.2, 0) is 6.54 Å². The van der Waals surface area contributed by atoms with E-state index in [4.69, 9.17) is 10.8 Å². The average molecular weight is 236 g/mol. The summed E-state index contributed by atoms with van der Waals surface area (Å²) < 4.78 is 0. The van der Waals surface area contributed by atoms with Gasteiger partial charge < -0.3 is 16.2 Å². The first-order valence-electron chi connectivity index (χ1n) is 5.83. The molecule has 1 amide bonds. The van der Waals surface area contributed by atoms with E-state index in [1.165, 1.54) is 0 Å². The molecule has 0 radical (unpaired) electrons. The molecule has 0 heterocycles. The molecule has 94 valence electrons. The van der Waals surface area contributed by atoms with Gasteiger partial charge in [-0.3, -0.25) is 4.79 Å². The van der Waals surface area contributed by atoms with Crippen LogP contribution in [0, 0.1) is 6.92 Å². The summed E-state index contributed by atoms with van der Waals surface area (Å²) >= 11 is 0. The molecule has 0 spiro atoms. The maximum atomic E-state index is 11.9. The Morgan fingerprint density at radius 3 is 2.71 bits per heavy atom. The Hall–Kier alpha value is -1.39. The van der Waals surface area contributed by atoms with Crippen molar-refractivity contribution in [1.82, 2.24) is 5.32 Å². The molecule has 0 aliphatic carbocycles. The number of hydrogen-bond donors (Lipinski definition) is 3. The van der Waals surface area contributed by atoms with Crippen LogP contribution in [0.3, 0.4) is 0 Å². The Bertz CT molecular complexity index is 387. The molecule has 1 aromatic rings. The molecular weight excluding hydrogens is 216 g/mol. The number of aryl methyl sites for hydroxylation is 1. The lowest BCUT2D eigenvalue weighted by Gasteiger charge is -2.14. The maximum Gasteiger partial charge on any atom is 0.251 e. The summed E-state index contributed by atoms with van der Waals surface area (Å²) in [6.45, 7) is 4.29. The number of benzene rings is 1. The van der Waals surface area contributed by atoms with E-state index in [0.29, 0.717) is 18.5 Å². The molecule has 0 aromatic heterocycles. The molecule has 0 saturated heterocycles. The summed E-state index contributed by atoms with van der Waals surface area (Å²) in [5.41, 5.74) is 8.22. The highest BCUT2D eigenvalue weighted by Gasteiger charge is 2.11. The van der Waals surface area contributed by atoms with Crippen LogP contribution >= 0.6 is 0 Å². The summed E-state index contributed by atoms with van der Waals surface area (Å²) in [7, 11) is 0. The van der Waals surface area contributed by atoms with E-state index < -0.39 is 0 Å². The minimum absolute atomic E-state index is 0.0396. The minimum atomic E-state index is -0.183. The van der Waals surface area contributed by atoms with Crippen molar-refractivity contribution in [2.75, 3.05) is 6.61 Å². The third-order valence-electron chi connectivity index (χ3n) is 2.87. The molecule has 0 unspecified atom stereocenters. The number of amides is 1. The van der Waals surface area contributed by atoms with Gasteiger partial charge in [0.2, 0.25) is 0 Å². The fraction of sp³-hybridized carbons (Fsp3) is 0.462. The van der Waals surface area contributed by atoms with Gasteiger partial charge in [0.25, 0.3) is 5.91 Å². The lowest BCUT2D eigenvalue weighted by Crippen LogP contribution is -2.36. The molecule has 0 fully saturated rings. The smallest absolute Gasteiger partial charge is 0.251 e. The first-order chi connectivity index (χ1) is 8.12. The highest BCUT2D eigenvalue weighted by molar-refractivity contribution is 5.94. The minimum Gasteiger partial charge on any atom is -0.394 e. The highest BCUT2D eigenvalue weighted by Crippen LogP contribution is 2.10. The number of hydrogen-bond acceptors (Lipinski definition) is 3. The molecule has 1 atom stereocenters. The normalized spacial score (nSPS) is 12.2. The van der Waals surface area contributed by atoms with Crippen LogP contribution < -0.4 is 11.1 Å². The number of nitrogens with two attached hydrogens (primary N) is 1. The van der Waals surface area contributed by atoms with Crippen molar-refractivity contribution in [2.24, 2.45) is 5.73 Å². The van der Waals surface area contributed by atoms with Crippen LogP contribution in [0.2, 0.25) is 0 Å². The van der Waals surface area contributed by atoms with Gasteiger partial charge in [0, 0.05) is 12.1 Å². The Balaban J connectivity index is 2.79. The summed E-state index contributed by atoms with van der Waals surface area (Å²) in [4.78, 5) is 11.9. The summed E-state index contributed by atoms with van der Waals surface area (Å²) in [5, 5.41) is 11.8. The Kier molecular flexibility index (Phi) is 5.12. The third-order valence-corrected chi connectivity index (χ3v) is 2.87. The molecule has 17 heavy (non-hydrogen) atoms. The third kappa shape index (κ3) is 3.54. The Labute approximate surface area is 102 Å². The van der Waals surface area contributed by atoms with E-state index in [1.807, 2.05) is 26.0 Å². The molecule has 1 aromatic carbocycles. The van der Waals surface area contributed by atoms with Crippen LogP contribution in [-0.4, -0.2) is 23.7 Å². The molecule has 0 bridgehead atoms. The molecule has 4 heteroatoms. The van der Waals surface area contributed by atoms with Crippen molar-refractivity contribution in [3.63, 3.8) is 0 Å². The second-order valence-electron chi connectivity index (χ2n) is 4.11. The van der Waals surface area contributed by atoms with Crippen molar-refractivity contribution < 1.29 is 9.90 Å². The van der Waals surface area contributed by atoms with Gasteiger partial charge in [-0.25, -0.2) is 0 Å². The summed E-state index contributed by atoms with van der Waals surface area (Å²) in [6.07, 6.45) is 0.710. The highest BCUT2D eigenvalue weighted by atomic mass is 16.3. The van der Waals surface area contributed by atoms with Gasteiger partial charge >= 0.3 is 0 Å². The predicted molar refractivity (Wildman–Crippen MR) is 67.7 cm³/mol. The average Bonchev–Trinajstić information content (AvgIpc) is 2.35. The number of aliphatic hydroxyl groups excluding tert-OH is 1. The van der Waals surface area contributed by atoms with E-state index in [2.05, 4.69) is 5.32 Å². The topological polar surface area (TPSA) is 75.3 Å². The van der Waals surface area contributed by atoms with Crippen molar-refractivity contribution in [2.45, 2.75) is 32.9 Å². The van der Waals surface area contributed by atoms with E-state index in [9.17, 15) is 4.79 Å². The van der Waals surface area contributed by atoms with Crippen molar-refractivity contribution in [3.8, 4) is 0 Å². The van der Waals surface area contributed by atoms with Crippen LogP contribution in [0.1, 0.15) is 34.8 Å². The molecule has 0 aliphatic rings. The fourth-order valence-corrected chi connectivity index (χ4v) is 1.61. The largest absolute Gasteiger partial charge is 0.394 e. The van der Waals surface area contributed by atoms with Crippen molar-refractivity contribution in [3.05, 3.63) is 34.9 Å². The van der Waals surface area contributed by atoms with E-state index >= 15 is 0 Å².